The highest BCUT2D eigenvalue weighted by Gasteiger charge is 2.01. The van der Waals surface area contributed by atoms with Crippen LogP contribution >= 0.6 is 0 Å². The minimum atomic E-state index is -0.886. The van der Waals surface area contributed by atoms with Gasteiger partial charge in [-0.15, -0.1) is 0 Å². The molecule has 0 atom stereocenters. The van der Waals surface area contributed by atoms with Gasteiger partial charge in [0.1, 0.15) is 0 Å². The number of anilines is 1. The molecule has 0 aliphatic heterocycles. The molecule has 0 aromatic heterocycles. The largest absolute Gasteiger partial charge is 0.478 e. The number of carboxylic acids is 1. The van der Waals surface area contributed by atoms with Gasteiger partial charge in [0.25, 0.3) is 0 Å². The van der Waals surface area contributed by atoms with Gasteiger partial charge in [-0.1, -0.05) is 13.8 Å². The molecule has 0 saturated heterocycles. The van der Waals surface area contributed by atoms with Gasteiger partial charge in [0, 0.05) is 12.2 Å². The van der Waals surface area contributed by atoms with E-state index < -0.39 is 5.97 Å². The van der Waals surface area contributed by atoms with Crippen molar-refractivity contribution in [3.8, 4) is 0 Å². The summed E-state index contributed by atoms with van der Waals surface area (Å²) in [6, 6.07) is 6.85. The Labute approximate surface area is 109 Å². The van der Waals surface area contributed by atoms with Crippen molar-refractivity contribution in [3.05, 3.63) is 29.8 Å². The molecule has 0 aliphatic carbocycles. The fourth-order valence-electron chi connectivity index (χ4n) is 1.81. The molecule has 0 bridgehead atoms. The van der Waals surface area contributed by atoms with Gasteiger partial charge in [-0.25, -0.2) is 4.79 Å². The van der Waals surface area contributed by atoms with Gasteiger partial charge in [0.05, 0.1) is 5.56 Å². The molecule has 2 N–H and O–H groups in total. The third-order valence-corrected chi connectivity index (χ3v) is 3.01. The molecule has 0 saturated carbocycles. The third-order valence-electron chi connectivity index (χ3n) is 3.01. The van der Waals surface area contributed by atoms with Gasteiger partial charge in [-0.3, -0.25) is 0 Å². The van der Waals surface area contributed by atoms with Crippen LogP contribution in [0.4, 0.5) is 5.69 Å². The number of carboxylic acid groups (broad SMARTS) is 1. The fraction of sp³-hybridized carbons (Fsp3) is 0.500. The first-order valence-corrected chi connectivity index (χ1v) is 6.47. The summed E-state index contributed by atoms with van der Waals surface area (Å²) in [6.07, 6.45) is 1.09. The number of hydrogen-bond donors (Lipinski definition) is 2. The van der Waals surface area contributed by atoms with Gasteiger partial charge < -0.3 is 15.3 Å². The van der Waals surface area contributed by atoms with Crippen molar-refractivity contribution < 1.29 is 9.90 Å². The topological polar surface area (TPSA) is 52.6 Å². The Bertz CT molecular complexity index is 359. The number of carbonyl (C=O) groups is 1. The smallest absolute Gasteiger partial charge is 0.335 e. The molecule has 18 heavy (non-hydrogen) atoms. The quantitative estimate of drug-likeness (QED) is 0.696. The highest BCUT2D eigenvalue weighted by atomic mass is 16.4. The van der Waals surface area contributed by atoms with Gasteiger partial charge in [0.15, 0.2) is 0 Å². The number of aromatic carboxylic acids is 1. The van der Waals surface area contributed by atoms with Crippen molar-refractivity contribution in [2.45, 2.75) is 20.3 Å². The van der Waals surface area contributed by atoms with E-state index in [2.05, 4.69) is 24.1 Å². The standard InChI is InChI=1S/C14H22N2O2/c1-3-16(4-2)11-5-10-15-13-8-6-12(7-9-13)14(17)18/h6-9,15H,3-5,10-11H2,1-2H3,(H,17,18). The van der Waals surface area contributed by atoms with Crippen LogP contribution in [0.5, 0.6) is 0 Å². The Balaban J connectivity index is 2.29. The molecule has 1 aromatic carbocycles. The summed E-state index contributed by atoms with van der Waals surface area (Å²) in [4.78, 5) is 13.1. The van der Waals surface area contributed by atoms with Crippen molar-refractivity contribution in [1.82, 2.24) is 4.90 Å². The van der Waals surface area contributed by atoms with E-state index in [4.69, 9.17) is 5.11 Å². The molecule has 1 rings (SSSR count). The second kappa shape index (κ2) is 7.71. The van der Waals surface area contributed by atoms with Gasteiger partial charge >= 0.3 is 5.97 Å². The first kappa shape index (κ1) is 14.5. The molecular formula is C14H22N2O2. The van der Waals surface area contributed by atoms with Gasteiger partial charge in [0.2, 0.25) is 0 Å². The normalized spacial score (nSPS) is 10.6. The Morgan fingerprint density at radius 1 is 1.22 bits per heavy atom. The summed E-state index contributed by atoms with van der Waals surface area (Å²) in [6.45, 7) is 8.51. The highest BCUT2D eigenvalue weighted by Crippen LogP contribution is 2.09. The molecule has 0 radical (unpaired) electrons. The maximum Gasteiger partial charge on any atom is 0.335 e. The molecule has 0 amide bonds. The zero-order valence-electron chi connectivity index (χ0n) is 11.1. The number of benzene rings is 1. The summed E-state index contributed by atoms with van der Waals surface area (Å²) in [5, 5.41) is 12.1. The summed E-state index contributed by atoms with van der Waals surface area (Å²) < 4.78 is 0. The van der Waals surface area contributed by atoms with Gasteiger partial charge in [-0.05, 0) is 50.3 Å². The first-order chi connectivity index (χ1) is 8.67. The monoisotopic (exact) mass is 250 g/mol. The molecule has 0 aliphatic rings. The van der Waals surface area contributed by atoms with Crippen LogP contribution in [0.3, 0.4) is 0 Å². The lowest BCUT2D eigenvalue weighted by Gasteiger charge is -2.17. The van der Waals surface area contributed by atoms with E-state index in [0.29, 0.717) is 5.56 Å². The number of nitrogens with zero attached hydrogens (tertiary/aromatic N) is 1. The summed E-state index contributed by atoms with van der Waals surface area (Å²) in [7, 11) is 0. The van der Waals surface area contributed by atoms with Crippen LogP contribution in [0.25, 0.3) is 0 Å². The SMILES string of the molecule is CCN(CC)CCCNc1ccc(C(=O)O)cc1. The van der Waals surface area contributed by atoms with E-state index in [0.717, 1.165) is 38.3 Å². The van der Waals surface area contributed by atoms with Crippen molar-refractivity contribution in [2.24, 2.45) is 0 Å². The predicted molar refractivity (Wildman–Crippen MR) is 74.3 cm³/mol. The van der Waals surface area contributed by atoms with Gasteiger partial charge in [-0.2, -0.15) is 0 Å². The van der Waals surface area contributed by atoms with Crippen molar-refractivity contribution >= 4 is 11.7 Å². The van der Waals surface area contributed by atoms with Crippen LogP contribution in [0.1, 0.15) is 30.6 Å². The van der Waals surface area contributed by atoms with Crippen LogP contribution in [-0.2, 0) is 0 Å². The van der Waals surface area contributed by atoms with Crippen LogP contribution in [-0.4, -0.2) is 42.2 Å². The van der Waals surface area contributed by atoms with E-state index in [1.807, 2.05) is 0 Å². The fourth-order valence-corrected chi connectivity index (χ4v) is 1.81. The van der Waals surface area contributed by atoms with Crippen LogP contribution < -0.4 is 5.32 Å². The van der Waals surface area contributed by atoms with Crippen LogP contribution in [0, 0.1) is 0 Å². The second-order valence-electron chi connectivity index (χ2n) is 4.19. The molecular weight excluding hydrogens is 228 g/mol. The predicted octanol–water partition coefficient (Wildman–Crippen LogP) is 2.53. The zero-order chi connectivity index (χ0) is 13.4. The Kier molecular flexibility index (Phi) is 6.22. The van der Waals surface area contributed by atoms with E-state index >= 15 is 0 Å². The van der Waals surface area contributed by atoms with Crippen LogP contribution in [0.15, 0.2) is 24.3 Å². The number of rotatable bonds is 8. The number of nitrogens with one attached hydrogen (secondary N) is 1. The minimum absolute atomic E-state index is 0.323. The molecule has 0 spiro atoms. The average Bonchev–Trinajstić information content (AvgIpc) is 2.39. The summed E-state index contributed by atoms with van der Waals surface area (Å²) in [5.74, 6) is -0.886. The molecule has 1 aromatic rings. The Morgan fingerprint density at radius 3 is 2.33 bits per heavy atom. The Hall–Kier alpha value is -1.55. The van der Waals surface area contributed by atoms with E-state index in [1.165, 1.54) is 0 Å². The average molecular weight is 250 g/mol. The maximum atomic E-state index is 10.7. The van der Waals surface area contributed by atoms with Crippen molar-refractivity contribution in [2.75, 3.05) is 31.5 Å². The van der Waals surface area contributed by atoms with Crippen molar-refractivity contribution in [1.29, 1.82) is 0 Å². The summed E-state index contributed by atoms with van der Waals surface area (Å²) >= 11 is 0. The van der Waals surface area contributed by atoms with Crippen molar-refractivity contribution in [3.63, 3.8) is 0 Å². The molecule has 100 valence electrons. The molecule has 0 unspecified atom stereocenters. The first-order valence-electron chi connectivity index (χ1n) is 6.47. The lowest BCUT2D eigenvalue weighted by Crippen LogP contribution is -2.25. The maximum absolute atomic E-state index is 10.7. The zero-order valence-corrected chi connectivity index (χ0v) is 11.1. The Morgan fingerprint density at radius 2 is 1.83 bits per heavy atom. The third kappa shape index (κ3) is 4.75. The number of hydrogen-bond acceptors (Lipinski definition) is 3. The second-order valence-corrected chi connectivity index (χ2v) is 4.19. The summed E-state index contributed by atoms with van der Waals surface area (Å²) in [5.41, 5.74) is 1.29. The van der Waals surface area contributed by atoms with E-state index in [1.54, 1.807) is 24.3 Å². The molecule has 4 nitrogen and oxygen atoms in total. The van der Waals surface area contributed by atoms with E-state index in [9.17, 15) is 4.79 Å². The lowest BCUT2D eigenvalue weighted by atomic mass is 10.2. The van der Waals surface area contributed by atoms with Crippen LogP contribution in [0.2, 0.25) is 0 Å². The highest BCUT2D eigenvalue weighted by molar-refractivity contribution is 5.87. The molecule has 0 fully saturated rings. The lowest BCUT2D eigenvalue weighted by molar-refractivity contribution is 0.0697. The van der Waals surface area contributed by atoms with E-state index in [-0.39, 0.29) is 0 Å². The molecule has 4 heteroatoms. The minimum Gasteiger partial charge on any atom is -0.478 e. The molecule has 0 heterocycles.